The molecule has 8 nitrogen and oxygen atoms in total. The molecule has 0 bridgehead atoms. The molecule has 17 heavy (non-hydrogen) atoms. The zero-order valence-electron chi connectivity index (χ0n) is 8.88. The number of pyridine rings is 1. The lowest BCUT2D eigenvalue weighted by molar-refractivity contribution is 0.100. The summed E-state index contributed by atoms with van der Waals surface area (Å²) in [5.41, 5.74) is 10.9. The van der Waals surface area contributed by atoms with Gasteiger partial charge < -0.3 is 16.8 Å². The maximum atomic E-state index is 11.0. The number of amides is 1. The Kier molecular flexibility index (Phi) is 3.86. The molecule has 0 aliphatic carbocycles. The van der Waals surface area contributed by atoms with Crippen LogP contribution in [0.4, 0.5) is 11.5 Å². The highest BCUT2D eigenvalue weighted by atomic mass is 32.2. The second-order valence-electron chi connectivity index (χ2n) is 3.31. The van der Waals surface area contributed by atoms with Crippen LogP contribution in [0.3, 0.4) is 0 Å². The molecular formula is C8H13N5O3S. The molecule has 1 aromatic heterocycles. The van der Waals surface area contributed by atoms with Crippen LogP contribution in [0.5, 0.6) is 0 Å². The highest BCUT2D eigenvalue weighted by molar-refractivity contribution is 7.89. The van der Waals surface area contributed by atoms with Crippen LogP contribution in [0, 0.1) is 0 Å². The van der Waals surface area contributed by atoms with Crippen LogP contribution < -0.4 is 21.9 Å². The third-order valence-electron chi connectivity index (χ3n) is 1.89. The first-order valence-corrected chi connectivity index (χ1v) is 6.31. The predicted octanol–water partition coefficient (Wildman–Crippen LogP) is -1.54. The van der Waals surface area contributed by atoms with Gasteiger partial charge in [0.1, 0.15) is 5.82 Å². The number of hydrogen-bond acceptors (Lipinski definition) is 6. The monoisotopic (exact) mass is 259 g/mol. The van der Waals surface area contributed by atoms with Gasteiger partial charge in [0.25, 0.3) is 5.91 Å². The summed E-state index contributed by atoms with van der Waals surface area (Å²) in [6.45, 7) is 0.0773. The Balaban J connectivity index is 2.73. The minimum atomic E-state index is -3.54. The summed E-state index contributed by atoms with van der Waals surface area (Å²) in [6, 6.07) is 1.35. The zero-order chi connectivity index (χ0) is 13.1. The van der Waals surface area contributed by atoms with Crippen molar-refractivity contribution in [2.24, 2.45) is 10.9 Å². The quantitative estimate of drug-likeness (QED) is 0.502. The van der Waals surface area contributed by atoms with E-state index in [0.29, 0.717) is 5.82 Å². The highest BCUT2D eigenvalue weighted by Crippen LogP contribution is 2.13. The fraction of sp³-hybridized carbons (Fsp3) is 0.250. The van der Waals surface area contributed by atoms with Gasteiger partial charge >= 0.3 is 0 Å². The Labute approximate surface area is 98.2 Å². The third-order valence-corrected chi connectivity index (χ3v) is 2.67. The van der Waals surface area contributed by atoms with Gasteiger partial charge in [0.05, 0.1) is 23.2 Å². The zero-order valence-corrected chi connectivity index (χ0v) is 9.70. The van der Waals surface area contributed by atoms with Gasteiger partial charge in [0, 0.05) is 6.54 Å². The minimum absolute atomic E-state index is 0.0773. The average Bonchev–Trinajstić information content (AvgIpc) is 2.18. The molecule has 1 rings (SSSR count). The lowest BCUT2D eigenvalue weighted by Crippen LogP contribution is -2.23. The molecule has 0 spiro atoms. The fourth-order valence-corrected chi connectivity index (χ4v) is 1.48. The first-order chi connectivity index (χ1) is 7.79. The summed E-state index contributed by atoms with van der Waals surface area (Å²) < 4.78 is 21.3. The molecule has 94 valence electrons. The summed E-state index contributed by atoms with van der Waals surface area (Å²) in [4.78, 5) is 14.8. The molecule has 0 radical (unpaired) electrons. The molecule has 1 amide bonds. The topological polar surface area (TPSA) is 154 Å². The largest absolute Gasteiger partial charge is 0.397 e. The van der Waals surface area contributed by atoms with E-state index in [0.717, 1.165) is 0 Å². The summed E-state index contributed by atoms with van der Waals surface area (Å²) in [5, 5.41) is 7.51. The van der Waals surface area contributed by atoms with Crippen molar-refractivity contribution in [3.05, 3.63) is 17.8 Å². The molecule has 0 saturated carbocycles. The second kappa shape index (κ2) is 4.97. The van der Waals surface area contributed by atoms with Gasteiger partial charge in [-0.1, -0.05) is 0 Å². The maximum Gasteiger partial charge on any atom is 0.250 e. The van der Waals surface area contributed by atoms with E-state index in [9.17, 15) is 13.2 Å². The van der Waals surface area contributed by atoms with Crippen LogP contribution in [0.1, 0.15) is 10.4 Å². The van der Waals surface area contributed by atoms with Crippen molar-refractivity contribution >= 4 is 27.4 Å². The van der Waals surface area contributed by atoms with Crippen LogP contribution in [-0.2, 0) is 10.0 Å². The van der Waals surface area contributed by atoms with Crippen LogP contribution in [0.2, 0.25) is 0 Å². The second-order valence-corrected chi connectivity index (χ2v) is 5.05. The molecule has 1 heterocycles. The molecule has 0 saturated heterocycles. The number of hydrogen-bond donors (Lipinski definition) is 4. The van der Waals surface area contributed by atoms with Crippen molar-refractivity contribution in [2.45, 2.75) is 0 Å². The van der Waals surface area contributed by atoms with Crippen LogP contribution in [0.25, 0.3) is 0 Å². The van der Waals surface area contributed by atoms with E-state index in [2.05, 4.69) is 10.3 Å². The number of carbonyl (C=O) groups excluding carboxylic acids is 1. The summed E-state index contributed by atoms with van der Waals surface area (Å²) >= 11 is 0. The SMILES string of the molecule is NC(=O)c1cc(NCCS(N)(=O)=O)ncc1N. The molecule has 0 aromatic carbocycles. The van der Waals surface area contributed by atoms with Crippen molar-refractivity contribution in [1.29, 1.82) is 0 Å². The van der Waals surface area contributed by atoms with Gasteiger partial charge in [-0.05, 0) is 6.07 Å². The van der Waals surface area contributed by atoms with Gasteiger partial charge in [-0.2, -0.15) is 0 Å². The van der Waals surface area contributed by atoms with Gasteiger partial charge in [-0.3, -0.25) is 4.79 Å². The smallest absolute Gasteiger partial charge is 0.250 e. The summed E-state index contributed by atoms with van der Waals surface area (Å²) in [6.07, 6.45) is 1.26. The van der Waals surface area contributed by atoms with Crippen LogP contribution >= 0.6 is 0 Å². The average molecular weight is 259 g/mol. The van der Waals surface area contributed by atoms with Crippen molar-refractivity contribution in [3.63, 3.8) is 0 Å². The normalized spacial score (nSPS) is 11.1. The van der Waals surface area contributed by atoms with E-state index in [1.807, 2.05) is 0 Å². The lowest BCUT2D eigenvalue weighted by Gasteiger charge is -2.07. The van der Waals surface area contributed by atoms with Crippen LogP contribution in [0.15, 0.2) is 12.3 Å². The van der Waals surface area contributed by atoms with E-state index in [-0.39, 0.29) is 23.5 Å². The Morgan fingerprint density at radius 2 is 2.12 bits per heavy atom. The highest BCUT2D eigenvalue weighted by Gasteiger charge is 2.08. The Hall–Kier alpha value is -1.87. The molecule has 0 aliphatic rings. The molecule has 0 atom stereocenters. The Morgan fingerprint density at radius 1 is 1.47 bits per heavy atom. The molecular weight excluding hydrogens is 246 g/mol. The number of nitrogens with zero attached hydrogens (tertiary/aromatic N) is 1. The van der Waals surface area contributed by atoms with E-state index in [1.165, 1.54) is 12.3 Å². The lowest BCUT2D eigenvalue weighted by atomic mass is 10.2. The summed E-state index contributed by atoms with van der Waals surface area (Å²) in [5.74, 6) is -0.624. The van der Waals surface area contributed by atoms with Crippen molar-refractivity contribution in [3.8, 4) is 0 Å². The van der Waals surface area contributed by atoms with E-state index >= 15 is 0 Å². The van der Waals surface area contributed by atoms with Gasteiger partial charge in [0.15, 0.2) is 0 Å². The van der Waals surface area contributed by atoms with E-state index in [1.54, 1.807) is 0 Å². The van der Waals surface area contributed by atoms with Crippen LogP contribution in [-0.4, -0.2) is 31.6 Å². The molecule has 1 aromatic rings. The number of primary sulfonamides is 1. The molecule has 0 unspecified atom stereocenters. The number of primary amides is 1. The summed E-state index contributed by atoms with van der Waals surface area (Å²) in [7, 11) is -3.54. The number of nitrogens with one attached hydrogen (secondary N) is 1. The first-order valence-electron chi connectivity index (χ1n) is 4.59. The molecule has 9 heteroatoms. The number of nitrogen functional groups attached to an aromatic ring is 1. The van der Waals surface area contributed by atoms with Crippen molar-refractivity contribution in [2.75, 3.05) is 23.3 Å². The number of sulfonamides is 1. The number of rotatable bonds is 5. The van der Waals surface area contributed by atoms with Gasteiger partial charge in [0.2, 0.25) is 10.0 Å². The predicted molar refractivity (Wildman–Crippen MR) is 63.6 cm³/mol. The number of anilines is 2. The minimum Gasteiger partial charge on any atom is -0.397 e. The van der Waals surface area contributed by atoms with Crippen molar-refractivity contribution < 1.29 is 13.2 Å². The molecule has 0 fully saturated rings. The standard InChI is InChI=1S/C8H13N5O3S/c9-6-4-13-7(3-5(6)8(10)14)12-1-2-17(11,15)16/h3-4H,1-2,9H2,(H2,10,14)(H,12,13)(H2,11,15,16). The molecule has 0 aliphatic heterocycles. The van der Waals surface area contributed by atoms with E-state index < -0.39 is 15.9 Å². The maximum absolute atomic E-state index is 11.0. The first kappa shape index (κ1) is 13.2. The Morgan fingerprint density at radius 3 is 2.65 bits per heavy atom. The number of aromatic nitrogens is 1. The number of nitrogens with two attached hydrogens (primary N) is 3. The Bertz CT molecular complexity index is 528. The number of carbonyl (C=O) groups is 1. The van der Waals surface area contributed by atoms with Gasteiger partial charge in [-0.15, -0.1) is 0 Å². The third kappa shape index (κ3) is 4.25. The van der Waals surface area contributed by atoms with Crippen molar-refractivity contribution in [1.82, 2.24) is 4.98 Å². The van der Waals surface area contributed by atoms with Gasteiger partial charge in [-0.25, -0.2) is 18.5 Å². The fourth-order valence-electron chi connectivity index (χ4n) is 1.10. The van der Waals surface area contributed by atoms with E-state index in [4.69, 9.17) is 16.6 Å². The molecule has 7 N–H and O–H groups in total.